The molecule has 0 aromatic heterocycles. The molecule has 0 aliphatic rings. The maximum absolute atomic E-state index is 12.8. The summed E-state index contributed by atoms with van der Waals surface area (Å²) in [6.07, 6.45) is 68.7. The smallest absolute Gasteiger partial charge is 0.306 e. The summed E-state index contributed by atoms with van der Waals surface area (Å²) in [7, 11) is 0. The van der Waals surface area contributed by atoms with Crippen molar-refractivity contribution in [2.45, 2.75) is 329 Å². The highest BCUT2D eigenvalue weighted by molar-refractivity contribution is 5.71. The normalized spacial score (nSPS) is 12.2. The maximum atomic E-state index is 12.8. The van der Waals surface area contributed by atoms with Crippen LogP contribution in [-0.2, 0) is 28.6 Å². The first-order valence-electron chi connectivity index (χ1n) is 30.0. The molecule has 68 heavy (non-hydrogen) atoms. The number of unbranched alkanes of at least 4 members (excludes halogenated alkanes) is 38. The molecule has 0 spiro atoms. The fourth-order valence-electron chi connectivity index (χ4n) is 8.93. The van der Waals surface area contributed by atoms with Crippen LogP contribution in [0.1, 0.15) is 323 Å². The van der Waals surface area contributed by atoms with E-state index in [0.717, 1.165) is 83.5 Å². The first-order valence-corrected chi connectivity index (χ1v) is 30.0. The van der Waals surface area contributed by atoms with E-state index in [1.165, 1.54) is 199 Å². The van der Waals surface area contributed by atoms with Crippen LogP contribution >= 0.6 is 0 Å². The largest absolute Gasteiger partial charge is 0.462 e. The van der Waals surface area contributed by atoms with Crippen LogP contribution in [0.25, 0.3) is 0 Å². The van der Waals surface area contributed by atoms with E-state index >= 15 is 0 Å². The first-order chi connectivity index (χ1) is 33.5. The van der Waals surface area contributed by atoms with E-state index < -0.39 is 6.10 Å². The summed E-state index contributed by atoms with van der Waals surface area (Å²) in [5.41, 5.74) is 0. The molecule has 0 aliphatic carbocycles. The molecule has 398 valence electrons. The number of hydrogen-bond donors (Lipinski definition) is 0. The Morgan fingerprint density at radius 2 is 0.574 bits per heavy atom. The first kappa shape index (κ1) is 65.6. The number of allylic oxidation sites excluding steroid dienone is 6. The number of carbonyl (C=O) groups is 3. The van der Waals surface area contributed by atoms with Gasteiger partial charge < -0.3 is 14.2 Å². The van der Waals surface area contributed by atoms with E-state index in [1.54, 1.807) is 0 Å². The molecule has 0 aromatic rings. The molecule has 0 aliphatic heterocycles. The Labute approximate surface area is 423 Å². The van der Waals surface area contributed by atoms with Gasteiger partial charge in [-0.3, -0.25) is 14.4 Å². The van der Waals surface area contributed by atoms with Gasteiger partial charge in [0, 0.05) is 19.3 Å². The summed E-state index contributed by atoms with van der Waals surface area (Å²) in [6, 6.07) is 0. The van der Waals surface area contributed by atoms with E-state index in [0.29, 0.717) is 19.3 Å². The second kappa shape index (κ2) is 57.2. The van der Waals surface area contributed by atoms with Crippen LogP contribution < -0.4 is 0 Å². The van der Waals surface area contributed by atoms with Gasteiger partial charge in [0.25, 0.3) is 0 Å². The van der Waals surface area contributed by atoms with Gasteiger partial charge in [-0.15, -0.1) is 0 Å². The summed E-state index contributed by atoms with van der Waals surface area (Å²) in [5, 5.41) is 0. The van der Waals surface area contributed by atoms with Gasteiger partial charge in [-0.2, -0.15) is 0 Å². The molecule has 1 unspecified atom stereocenters. The van der Waals surface area contributed by atoms with Crippen molar-refractivity contribution in [1.82, 2.24) is 0 Å². The molecule has 0 fully saturated rings. The molecule has 0 aromatic carbocycles. The van der Waals surface area contributed by atoms with Crippen molar-refractivity contribution in [3.8, 4) is 0 Å². The molecular weight excluding hydrogens is 841 g/mol. The standard InChI is InChI=1S/C62H114O6/c1-4-7-10-13-16-19-22-25-27-28-29-30-31-32-33-35-37-40-43-46-49-52-55-61(64)67-58-59(57-66-60(63)54-51-48-45-42-39-36-24-21-18-15-12-9-6-3)68-62(65)56-53-50-47-44-41-38-34-26-23-20-17-14-11-8-5-2/h9,12,18,21,36,39,59H,4-8,10-11,13-17,19-20,22-35,37-38,40-58H2,1-3H3/b12-9-,21-18-,39-36-. The lowest BCUT2D eigenvalue weighted by molar-refractivity contribution is -0.167. The van der Waals surface area contributed by atoms with Gasteiger partial charge in [0.15, 0.2) is 6.10 Å². The summed E-state index contributed by atoms with van der Waals surface area (Å²) < 4.78 is 16.9. The monoisotopic (exact) mass is 955 g/mol. The quantitative estimate of drug-likeness (QED) is 0.0262. The molecule has 0 saturated carbocycles. The summed E-state index contributed by atoms with van der Waals surface area (Å²) in [5.74, 6) is -0.886. The van der Waals surface area contributed by atoms with Crippen molar-refractivity contribution in [2.75, 3.05) is 13.2 Å². The van der Waals surface area contributed by atoms with Crippen molar-refractivity contribution >= 4 is 17.9 Å². The molecule has 1 atom stereocenters. The second-order valence-electron chi connectivity index (χ2n) is 20.2. The predicted molar refractivity (Wildman–Crippen MR) is 293 cm³/mol. The fraction of sp³-hybridized carbons (Fsp3) is 0.855. The summed E-state index contributed by atoms with van der Waals surface area (Å²) >= 11 is 0. The minimum absolute atomic E-state index is 0.0764. The van der Waals surface area contributed by atoms with Gasteiger partial charge in [0.05, 0.1) is 0 Å². The highest BCUT2D eigenvalue weighted by Crippen LogP contribution is 2.17. The topological polar surface area (TPSA) is 78.9 Å². The molecule has 0 radical (unpaired) electrons. The Hall–Kier alpha value is -2.37. The molecule has 0 bridgehead atoms. The third kappa shape index (κ3) is 54.6. The average Bonchev–Trinajstić information content (AvgIpc) is 3.34. The Bertz CT molecular complexity index is 1140. The van der Waals surface area contributed by atoms with Crippen LogP contribution in [0.2, 0.25) is 0 Å². The molecule has 6 heteroatoms. The third-order valence-corrected chi connectivity index (χ3v) is 13.4. The highest BCUT2D eigenvalue weighted by atomic mass is 16.6. The third-order valence-electron chi connectivity index (χ3n) is 13.4. The van der Waals surface area contributed by atoms with Crippen LogP contribution in [0.5, 0.6) is 0 Å². The van der Waals surface area contributed by atoms with E-state index in [1.807, 2.05) is 0 Å². The van der Waals surface area contributed by atoms with E-state index in [2.05, 4.69) is 57.2 Å². The van der Waals surface area contributed by atoms with E-state index in [-0.39, 0.29) is 31.1 Å². The Morgan fingerprint density at radius 1 is 0.309 bits per heavy atom. The zero-order valence-electron chi connectivity index (χ0n) is 45.6. The van der Waals surface area contributed by atoms with Crippen LogP contribution in [0.15, 0.2) is 36.5 Å². The van der Waals surface area contributed by atoms with Gasteiger partial charge in [0.2, 0.25) is 0 Å². The minimum Gasteiger partial charge on any atom is -0.462 e. The van der Waals surface area contributed by atoms with Crippen molar-refractivity contribution < 1.29 is 28.6 Å². The van der Waals surface area contributed by atoms with Gasteiger partial charge in [-0.05, 0) is 51.4 Å². The number of hydrogen-bond acceptors (Lipinski definition) is 6. The highest BCUT2D eigenvalue weighted by Gasteiger charge is 2.19. The van der Waals surface area contributed by atoms with Gasteiger partial charge >= 0.3 is 17.9 Å². The lowest BCUT2D eigenvalue weighted by Crippen LogP contribution is -2.30. The zero-order chi connectivity index (χ0) is 49.3. The van der Waals surface area contributed by atoms with Crippen molar-refractivity contribution in [3.63, 3.8) is 0 Å². The number of esters is 3. The molecule has 0 heterocycles. The van der Waals surface area contributed by atoms with E-state index in [9.17, 15) is 14.4 Å². The minimum atomic E-state index is -0.780. The van der Waals surface area contributed by atoms with Gasteiger partial charge in [-0.25, -0.2) is 0 Å². The number of ether oxygens (including phenoxy) is 3. The zero-order valence-corrected chi connectivity index (χ0v) is 45.6. The SMILES string of the molecule is CC/C=C\C/C=C\C/C=C\CCCCCC(=O)OCC(COC(=O)CCCCCCCCCCCCCCCCCCCCCCCC)OC(=O)CCCCCCCCCCCCCCCCC. The van der Waals surface area contributed by atoms with Crippen LogP contribution in [0.4, 0.5) is 0 Å². The van der Waals surface area contributed by atoms with E-state index in [4.69, 9.17) is 14.2 Å². The van der Waals surface area contributed by atoms with Gasteiger partial charge in [-0.1, -0.05) is 288 Å². The lowest BCUT2D eigenvalue weighted by Gasteiger charge is -2.18. The Morgan fingerprint density at radius 3 is 0.897 bits per heavy atom. The van der Waals surface area contributed by atoms with Crippen LogP contribution in [0, 0.1) is 0 Å². The molecule has 0 saturated heterocycles. The van der Waals surface area contributed by atoms with Gasteiger partial charge in [0.1, 0.15) is 13.2 Å². The Kier molecular flexibility index (Phi) is 55.2. The van der Waals surface area contributed by atoms with Crippen molar-refractivity contribution in [3.05, 3.63) is 36.5 Å². The maximum Gasteiger partial charge on any atom is 0.306 e. The lowest BCUT2D eigenvalue weighted by atomic mass is 10.0. The molecular formula is C62H114O6. The Balaban J connectivity index is 4.27. The number of rotatable bonds is 55. The molecule has 0 rings (SSSR count). The fourth-order valence-corrected chi connectivity index (χ4v) is 8.93. The molecule has 0 N–H and O–H groups in total. The predicted octanol–water partition coefficient (Wildman–Crippen LogP) is 20.0. The summed E-state index contributed by atoms with van der Waals surface area (Å²) in [6.45, 7) is 6.55. The molecule has 6 nitrogen and oxygen atoms in total. The summed E-state index contributed by atoms with van der Waals surface area (Å²) in [4.78, 5) is 38.1. The number of carbonyl (C=O) groups excluding carboxylic acids is 3. The molecule has 0 amide bonds. The average molecular weight is 956 g/mol. The van der Waals surface area contributed by atoms with Crippen molar-refractivity contribution in [2.24, 2.45) is 0 Å². The van der Waals surface area contributed by atoms with Crippen LogP contribution in [0.3, 0.4) is 0 Å². The van der Waals surface area contributed by atoms with Crippen LogP contribution in [-0.4, -0.2) is 37.2 Å². The van der Waals surface area contributed by atoms with Crippen molar-refractivity contribution in [1.29, 1.82) is 0 Å². The second-order valence-corrected chi connectivity index (χ2v) is 20.2.